The minimum absolute atomic E-state index is 0.0123. The van der Waals surface area contributed by atoms with Crippen molar-refractivity contribution in [1.29, 1.82) is 0 Å². The molecule has 4 fully saturated rings. The molecule has 0 aromatic rings. The Balaban J connectivity index is 1.25. The van der Waals surface area contributed by atoms with Gasteiger partial charge in [0.2, 0.25) is 17.7 Å². The van der Waals surface area contributed by atoms with Crippen molar-refractivity contribution in [1.82, 2.24) is 20.9 Å². The fourth-order valence-electron chi connectivity index (χ4n) is 7.41. The molecular weight excluding hydrogens is 1030 g/mol. The number of carbonyl (C=O) groups is 3. The number of ether oxygens (including phenoxy) is 6. The lowest BCUT2D eigenvalue weighted by atomic mass is 9.97. The molecule has 4 heterocycles. The van der Waals surface area contributed by atoms with E-state index in [1.165, 1.54) is 0 Å². The van der Waals surface area contributed by atoms with E-state index in [0.29, 0.717) is 10.8 Å². The molecule has 0 saturated carbocycles. The van der Waals surface area contributed by atoms with Crippen LogP contribution in [0.3, 0.4) is 0 Å². The van der Waals surface area contributed by atoms with Crippen molar-refractivity contribution in [3.05, 3.63) is 0 Å². The molecule has 3 amide bonds. The number of thioether (sulfide) groups is 2. The molecule has 33 heteroatoms. The number of nitrogens with zero attached hydrogens (tertiary/aromatic N) is 1. The first kappa shape index (κ1) is 61.1. The molecule has 4 saturated heterocycles. The van der Waals surface area contributed by atoms with Crippen LogP contribution < -0.4 is 16.0 Å². The third-order valence-corrected chi connectivity index (χ3v) is 16.1. The summed E-state index contributed by atoms with van der Waals surface area (Å²) in [6, 6.07) is 0. The molecule has 0 aromatic carbocycles. The van der Waals surface area contributed by atoms with Crippen molar-refractivity contribution in [2.24, 2.45) is 0 Å². The van der Waals surface area contributed by atoms with Gasteiger partial charge in [-0.1, -0.05) is 0 Å². The summed E-state index contributed by atoms with van der Waals surface area (Å²) in [6.07, 6.45) is -28.6. The van der Waals surface area contributed by atoms with Gasteiger partial charge in [0, 0.05) is 45.5 Å². The lowest BCUT2D eigenvalue weighted by Crippen LogP contribution is -2.64. The summed E-state index contributed by atoms with van der Waals surface area (Å²) >= 11 is 1.53. The average Bonchev–Trinajstić information content (AvgIpc) is 3.32. The molecule has 0 spiro atoms. The van der Waals surface area contributed by atoms with Gasteiger partial charge in [0.1, 0.15) is 109 Å². The minimum atomic E-state index is -3.49. The van der Waals surface area contributed by atoms with Crippen LogP contribution in [-0.4, -0.2) is 313 Å². The topological polar surface area (TPSA) is 463 Å². The summed E-state index contributed by atoms with van der Waals surface area (Å²) in [7, 11) is -3.04. The first-order valence-corrected chi connectivity index (χ1v) is 27.3. The maximum absolute atomic E-state index is 12.9. The third kappa shape index (κ3) is 17.3. The highest BCUT2D eigenvalue weighted by Crippen LogP contribution is 2.34. The van der Waals surface area contributed by atoms with E-state index in [9.17, 15) is 94.3 Å². The number of hydrogen-bond donors (Lipinski definition) is 17. The van der Waals surface area contributed by atoms with Crippen molar-refractivity contribution in [3.63, 3.8) is 0 Å². The Kier molecular flexibility index (Phi) is 25.3. The smallest absolute Gasteiger partial charge is 0.231 e. The van der Waals surface area contributed by atoms with E-state index in [1.807, 2.05) is 0 Å². The highest BCUT2D eigenvalue weighted by Gasteiger charge is 2.52. The summed E-state index contributed by atoms with van der Waals surface area (Å²) in [5, 5.41) is 151. The second kappa shape index (κ2) is 29.0. The molecule has 0 bridgehead atoms. The van der Waals surface area contributed by atoms with Crippen molar-refractivity contribution in [2.45, 2.75) is 121 Å². The van der Waals surface area contributed by atoms with Crippen LogP contribution in [0.5, 0.6) is 0 Å². The molecular formula is C37H66N4O25S4. The highest BCUT2D eigenvalue weighted by atomic mass is 33.1. The van der Waals surface area contributed by atoms with E-state index in [1.54, 1.807) is 4.90 Å². The SMILES string of the molecule is CS(=O)(=O)SCC(=O)NCCN(CCNC(=O)CS[C@@H]1O[C@H](CO)[C@H](O[C@H]2O[C@H](CO)[C@H](O)[C@H](O)[C@H]2O)[C@H](O)[C@H]1O)CCNC(=O)CS[C@@H]1O[C@H](CO)[C@H](O[C@H]2O[C@H](CO)[C@H](O)[C@H](O)[C@H]2O)[C@H](O)[C@H]1O. The Labute approximate surface area is 413 Å². The normalized spacial score (nSPS) is 38.3. The zero-order chi connectivity index (χ0) is 52.0. The first-order valence-electron chi connectivity index (χ1n) is 21.8. The predicted molar refractivity (Wildman–Crippen MR) is 240 cm³/mol. The molecule has 20 atom stereocenters. The molecule has 0 unspecified atom stereocenters. The van der Waals surface area contributed by atoms with Gasteiger partial charge in [-0.2, -0.15) is 0 Å². The van der Waals surface area contributed by atoms with Gasteiger partial charge in [0.25, 0.3) is 0 Å². The van der Waals surface area contributed by atoms with Gasteiger partial charge in [-0.05, 0) is 10.8 Å². The molecule has 408 valence electrons. The van der Waals surface area contributed by atoms with Crippen LogP contribution in [0.4, 0.5) is 0 Å². The second-order valence-corrected chi connectivity index (χ2v) is 23.1. The molecule has 4 rings (SSSR count). The number of carbonyl (C=O) groups excluding carboxylic acids is 3. The maximum atomic E-state index is 12.9. The molecule has 29 nitrogen and oxygen atoms in total. The zero-order valence-electron chi connectivity index (χ0n) is 37.6. The third-order valence-electron chi connectivity index (χ3n) is 11.3. The quantitative estimate of drug-likeness (QED) is 0.0358. The number of aliphatic hydroxyl groups is 14. The van der Waals surface area contributed by atoms with E-state index in [-0.39, 0.29) is 56.5 Å². The van der Waals surface area contributed by atoms with Gasteiger partial charge in [-0.15, -0.1) is 23.5 Å². The van der Waals surface area contributed by atoms with E-state index >= 15 is 0 Å². The largest absolute Gasteiger partial charge is 0.394 e. The summed E-state index contributed by atoms with van der Waals surface area (Å²) in [4.78, 5) is 39.8. The van der Waals surface area contributed by atoms with Crippen LogP contribution in [0, 0.1) is 0 Å². The summed E-state index contributed by atoms with van der Waals surface area (Å²) in [5.74, 6) is -2.69. The van der Waals surface area contributed by atoms with Crippen molar-refractivity contribution in [2.75, 3.05) is 89.2 Å². The van der Waals surface area contributed by atoms with Crippen LogP contribution >= 0.6 is 34.3 Å². The number of amides is 3. The Bertz CT molecular complexity index is 1640. The monoisotopic (exact) mass is 1090 g/mol. The number of nitrogens with one attached hydrogen (secondary N) is 3. The summed E-state index contributed by atoms with van der Waals surface area (Å²) in [5.41, 5.74) is -2.55. The van der Waals surface area contributed by atoms with Gasteiger partial charge in [0.05, 0.1) is 43.7 Å². The fraction of sp³-hybridized carbons (Fsp3) is 0.919. The van der Waals surface area contributed by atoms with Gasteiger partial charge >= 0.3 is 0 Å². The van der Waals surface area contributed by atoms with E-state index in [4.69, 9.17) is 28.4 Å². The van der Waals surface area contributed by atoms with Crippen LogP contribution in [0.15, 0.2) is 0 Å². The number of hydrogen-bond acceptors (Lipinski definition) is 29. The van der Waals surface area contributed by atoms with E-state index in [2.05, 4.69) is 16.0 Å². The average molecular weight is 1100 g/mol. The maximum Gasteiger partial charge on any atom is 0.231 e. The molecule has 0 aromatic heterocycles. The van der Waals surface area contributed by atoms with Gasteiger partial charge in [0.15, 0.2) is 21.4 Å². The van der Waals surface area contributed by atoms with E-state index < -0.39 is 174 Å². The van der Waals surface area contributed by atoms with Crippen LogP contribution in [-0.2, 0) is 51.7 Å². The van der Waals surface area contributed by atoms with Crippen molar-refractivity contribution >= 4 is 60.9 Å². The molecule has 4 aliphatic rings. The Morgan fingerprint density at radius 2 is 0.829 bits per heavy atom. The van der Waals surface area contributed by atoms with Crippen LogP contribution in [0.1, 0.15) is 0 Å². The fourth-order valence-corrected chi connectivity index (χ4v) is 10.8. The number of rotatable bonds is 26. The van der Waals surface area contributed by atoms with E-state index in [0.717, 1.165) is 29.8 Å². The second-order valence-electron chi connectivity index (χ2n) is 16.5. The Morgan fingerprint density at radius 1 is 0.486 bits per heavy atom. The van der Waals surface area contributed by atoms with Gasteiger partial charge in [-0.25, -0.2) is 8.42 Å². The Morgan fingerprint density at radius 3 is 1.16 bits per heavy atom. The Hall–Kier alpha value is -1.43. The minimum Gasteiger partial charge on any atom is -0.394 e. The van der Waals surface area contributed by atoms with Crippen LogP contribution in [0.2, 0.25) is 0 Å². The lowest BCUT2D eigenvalue weighted by molar-refractivity contribution is -0.338. The molecule has 0 radical (unpaired) electrons. The zero-order valence-corrected chi connectivity index (χ0v) is 40.8. The van der Waals surface area contributed by atoms with Crippen molar-refractivity contribution in [3.8, 4) is 0 Å². The highest BCUT2D eigenvalue weighted by molar-refractivity contribution is 8.72. The molecule has 0 aliphatic carbocycles. The van der Waals surface area contributed by atoms with Crippen LogP contribution in [0.25, 0.3) is 0 Å². The molecule has 70 heavy (non-hydrogen) atoms. The summed E-state index contributed by atoms with van der Waals surface area (Å²) in [6.45, 7) is -2.56. The first-order chi connectivity index (χ1) is 33.0. The molecule has 17 N–H and O–H groups in total. The van der Waals surface area contributed by atoms with Gasteiger partial charge < -0.3 is 116 Å². The van der Waals surface area contributed by atoms with Gasteiger partial charge in [-0.3, -0.25) is 19.3 Å². The predicted octanol–water partition coefficient (Wildman–Crippen LogP) is -11.0. The lowest BCUT2D eigenvalue weighted by Gasteiger charge is -2.46. The molecule has 4 aliphatic heterocycles. The standard InChI is InChI=1S/C37H66N4O25S4/c1-70(59,60)69-14-21(48)40-4-7-41(5-2-38-19(46)12-67-36-30(57)26(53)32(17(10-44)63-36)65-34-28(55)24(51)22(49)15(8-42)61-34)6-3-39-20(47)13-68-37-31(58)27(54)33(18(11-45)64-37)66-35-29(56)25(52)23(50)16(9-43)62-35/h15-18,22-37,42-45,49-58H,2-14H2,1H3,(H,38,46)(H,39,47)(H,40,48)/t15-,16-,17-,18-,22+,23+,24+,25+,26-,27-,28-,29-,30-,31-,32+,33+,34-,35-,36+,37+/m1/s1. The number of aliphatic hydroxyl groups excluding tert-OH is 14. The van der Waals surface area contributed by atoms with Crippen molar-refractivity contribution < 1.29 is 123 Å². The summed E-state index contributed by atoms with van der Waals surface area (Å²) < 4.78 is 56.0.